The molecule has 1 fully saturated rings. The Kier molecular flexibility index (Phi) is 6.14. The molecule has 2 aliphatic rings. The zero-order valence-electron chi connectivity index (χ0n) is 17.2. The van der Waals surface area contributed by atoms with E-state index in [2.05, 4.69) is 0 Å². The Morgan fingerprint density at radius 2 is 2.00 bits per heavy atom. The Bertz CT molecular complexity index is 1110. The van der Waals surface area contributed by atoms with Crippen LogP contribution in [0.4, 0.5) is 5.69 Å². The number of para-hydroxylation sites is 1. The van der Waals surface area contributed by atoms with Crippen LogP contribution in [0.15, 0.2) is 54.5 Å². The minimum absolute atomic E-state index is 0.0576. The number of hydrogen-bond acceptors (Lipinski definition) is 7. The number of hydrogen-bond donors (Lipinski definition) is 0. The number of nitro groups is 1. The minimum Gasteiger partial charge on any atom is -0.493 e. The first-order valence-corrected chi connectivity index (χ1v) is 10.5. The van der Waals surface area contributed by atoms with Crippen molar-refractivity contribution in [3.8, 4) is 5.75 Å². The first-order chi connectivity index (χ1) is 15.3. The van der Waals surface area contributed by atoms with E-state index in [1.165, 1.54) is 24.5 Å². The highest BCUT2D eigenvalue weighted by atomic mass is 35.5. The third-order valence-corrected chi connectivity index (χ3v) is 5.94. The molecule has 2 aromatic rings. The van der Waals surface area contributed by atoms with Crippen molar-refractivity contribution < 1.29 is 28.7 Å². The number of aryl methyl sites for hydroxylation is 1. The number of nitro benzene ring substituents is 1. The first kappa shape index (κ1) is 21.8. The molecular weight excluding hydrogens is 438 g/mol. The van der Waals surface area contributed by atoms with Gasteiger partial charge >= 0.3 is 5.97 Å². The number of carbonyl (C=O) groups is 2. The molecular formula is C23H20ClNO7. The topological polar surface area (TPSA) is 105 Å². The summed E-state index contributed by atoms with van der Waals surface area (Å²) in [5.41, 5.74) is 0.564. The lowest BCUT2D eigenvalue weighted by molar-refractivity contribution is -0.385. The summed E-state index contributed by atoms with van der Waals surface area (Å²) in [6, 6.07) is 11.0. The maximum absolute atomic E-state index is 12.9. The number of halogens is 1. The van der Waals surface area contributed by atoms with Gasteiger partial charge in [0.05, 0.1) is 21.4 Å². The van der Waals surface area contributed by atoms with Gasteiger partial charge in [-0.25, -0.2) is 4.79 Å². The van der Waals surface area contributed by atoms with Gasteiger partial charge in [-0.15, -0.1) is 0 Å². The van der Waals surface area contributed by atoms with Crippen LogP contribution in [0.1, 0.15) is 35.2 Å². The van der Waals surface area contributed by atoms with E-state index < -0.39 is 29.0 Å². The lowest BCUT2D eigenvalue weighted by atomic mass is 9.80. The molecule has 0 aromatic heterocycles. The van der Waals surface area contributed by atoms with Crippen molar-refractivity contribution in [2.45, 2.75) is 38.4 Å². The molecule has 1 saturated carbocycles. The highest BCUT2D eigenvalue weighted by molar-refractivity contribution is 6.32. The van der Waals surface area contributed by atoms with Crippen LogP contribution in [-0.4, -0.2) is 28.9 Å². The van der Waals surface area contributed by atoms with Crippen molar-refractivity contribution in [3.05, 3.63) is 80.7 Å². The van der Waals surface area contributed by atoms with Crippen LogP contribution < -0.4 is 4.74 Å². The van der Waals surface area contributed by atoms with Gasteiger partial charge in [-0.05, 0) is 44.0 Å². The zero-order valence-corrected chi connectivity index (χ0v) is 17.9. The van der Waals surface area contributed by atoms with Crippen molar-refractivity contribution in [3.63, 3.8) is 0 Å². The van der Waals surface area contributed by atoms with E-state index >= 15 is 0 Å². The summed E-state index contributed by atoms with van der Waals surface area (Å²) in [6.45, 7) is 1.57. The van der Waals surface area contributed by atoms with Gasteiger partial charge in [-0.2, -0.15) is 0 Å². The number of rotatable bonds is 5. The summed E-state index contributed by atoms with van der Waals surface area (Å²) in [5, 5.41) is 11.3. The van der Waals surface area contributed by atoms with Gasteiger partial charge in [0, 0.05) is 18.1 Å². The molecule has 2 aromatic carbocycles. The van der Waals surface area contributed by atoms with Crippen LogP contribution in [0.5, 0.6) is 5.75 Å². The van der Waals surface area contributed by atoms with Crippen molar-refractivity contribution in [1.82, 2.24) is 0 Å². The van der Waals surface area contributed by atoms with Gasteiger partial charge in [-0.3, -0.25) is 14.9 Å². The Morgan fingerprint density at radius 3 is 2.72 bits per heavy atom. The second kappa shape index (κ2) is 9.00. The van der Waals surface area contributed by atoms with Crippen LogP contribution in [0.3, 0.4) is 0 Å². The van der Waals surface area contributed by atoms with Gasteiger partial charge in [0.1, 0.15) is 24.2 Å². The number of fused-ring (bicyclic) bond motifs is 1. The fourth-order valence-electron chi connectivity index (χ4n) is 3.97. The van der Waals surface area contributed by atoms with Gasteiger partial charge < -0.3 is 14.2 Å². The third kappa shape index (κ3) is 4.45. The lowest BCUT2D eigenvalue weighted by Crippen LogP contribution is -2.43. The number of allylic oxidation sites excluding steroid dienone is 1. The van der Waals surface area contributed by atoms with Crippen molar-refractivity contribution in [1.29, 1.82) is 0 Å². The number of ether oxygens (including phenoxy) is 3. The van der Waals surface area contributed by atoms with E-state index in [4.69, 9.17) is 25.8 Å². The molecule has 32 heavy (non-hydrogen) atoms. The molecule has 0 saturated heterocycles. The van der Waals surface area contributed by atoms with E-state index in [1.54, 1.807) is 31.2 Å². The number of esters is 1. The second-order valence-electron chi connectivity index (χ2n) is 7.76. The molecule has 0 amide bonds. The third-order valence-electron chi connectivity index (χ3n) is 5.63. The summed E-state index contributed by atoms with van der Waals surface area (Å²) in [5.74, 6) is -0.661. The predicted octanol–water partition coefficient (Wildman–Crippen LogP) is 4.77. The maximum atomic E-state index is 12.9. The monoisotopic (exact) mass is 457 g/mol. The van der Waals surface area contributed by atoms with E-state index in [0.29, 0.717) is 35.6 Å². The first-order valence-electron chi connectivity index (χ1n) is 10.1. The highest BCUT2D eigenvalue weighted by Gasteiger charge is 2.42. The van der Waals surface area contributed by atoms with Crippen LogP contribution in [0.25, 0.3) is 0 Å². The number of Topliss-reactive ketones (excluding diaryl/α,β-unsaturated/α-hetero) is 1. The van der Waals surface area contributed by atoms with Crippen LogP contribution in [0, 0.1) is 23.0 Å². The highest BCUT2D eigenvalue weighted by Crippen LogP contribution is 2.36. The minimum atomic E-state index is -0.563. The quantitative estimate of drug-likeness (QED) is 0.361. The molecule has 0 radical (unpaired) electrons. The molecule has 3 unspecified atom stereocenters. The fraction of sp³-hybridized carbons (Fsp3) is 0.304. The average Bonchev–Trinajstić information content (AvgIpc) is 2.76. The number of benzene rings is 2. The molecule has 4 rings (SSSR count). The van der Waals surface area contributed by atoms with E-state index in [1.807, 2.05) is 0 Å². The van der Waals surface area contributed by atoms with Crippen molar-refractivity contribution >= 4 is 29.0 Å². The maximum Gasteiger partial charge on any atom is 0.338 e. The normalized spacial score (nSPS) is 22.2. The summed E-state index contributed by atoms with van der Waals surface area (Å²) < 4.78 is 17.0. The summed E-state index contributed by atoms with van der Waals surface area (Å²) in [7, 11) is 0. The Balaban J connectivity index is 1.39. The van der Waals surface area contributed by atoms with E-state index in [0.717, 1.165) is 0 Å². The van der Waals surface area contributed by atoms with E-state index in [9.17, 15) is 19.7 Å². The largest absolute Gasteiger partial charge is 0.493 e. The SMILES string of the molecule is Cc1cc(C(=O)OC2CCC3C(=O)C(Oc4ccccc4Cl)=COC3C2)ccc1[N+](=O)[O-]. The zero-order chi connectivity index (χ0) is 22.8. The fourth-order valence-corrected chi connectivity index (χ4v) is 4.14. The van der Waals surface area contributed by atoms with Crippen LogP contribution in [0.2, 0.25) is 5.02 Å². The van der Waals surface area contributed by atoms with Crippen molar-refractivity contribution in [2.24, 2.45) is 5.92 Å². The molecule has 166 valence electrons. The molecule has 0 N–H and O–H groups in total. The molecule has 8 nitrogen and oxygen atoms in total. The van der Waals surface area contributed by atoms with Gasteiger partial charge in [0.25, 0.3) is 5.69 Å². The summed E-state index contributed by atoms with van der Waals surface area (Å²) >= 11 is 6.09. The second-order valence-corrected chi connectivity index (χ2v) is 8.17. The summed E-state index contributed by atoms with van der Waals surface area (Å²) in [4.78, 5) is 35.8. The number of ketones is 1. The smallest absolute Gasteiger partial charge is 0.338 e. The Morgan fingerprint density at radius 1 is 1.22 bits per heavy atom. The molecule has 0 bridgehead atoms. The Labute approximate surface area is 188 Å². The standard InChI is InChI=1S/C23H20ClNO7/c1-13-10-14(6-9-18(13)25(28)29)23(27)31-15-7-8-16-20(11-15)30-12-21(22(16)26)32-19-5-3-2-4-17(19)24/h2-6,9-10,12,15-16,20H,7-8,11H2,1H3. The van der Waals surface area contributed by atoms with Crippen molar-refractivity contribution in [2.75, 3.05) is 0 Å². The van der Waals surface area contributed by atoms with Crippen LogP contribution >= 0.6 is 11.6 Å². The molecule has 1 aliphatic carbocycles. The molecule has 1 aliphatic heterocycles. The summed E-state index contributed by atoms with van der Waals surface area (Å²) in [6.07, 6.45) is 1.77. The molecule has 9 heteroatoms. The Hall–Kier alpha value is -3.39. The van der Waals surface area contributed by atoms with Gasteiger partial charge in [-0.1, -0.05) is 23.7 Å². The van der Waals surface area contributed by atoms with Gasteiger partial charge in [0.15, 0.2) is 0 Å². The number of nitrogens with zero attached hydrogens (tertiary/aromatic N) is 1. The molecule has 3 atom stereocenters. The number of carbonyl (C=O) groups excluding carboxylic acids is 2. The van der Waals surface area contributed by atoms with Crippen LogP contribution in [-0.2, 0) is 14.3 Å². The predicted molar refractivity (Wildman–Crippen MR) is 114 cm³/mol. The van der Waals surface area contributed by atoms with E-state index in [-0.39, 0.29) is 22.8 Å². The average molecular weight is 458 g/mol. The lowest BCUT2D eigenvalue weighted by Gasteiger charge is -2.36. The van der Waals surface area contributed by atoms with Gasteiger partial charge in [0.2, 0.25) is 11.5 Å². The molecule has 0 spiro atoms. The molecule has 1 heterocycles.